The molecule has 0 saturated heterocycles. The molecule has 106 valence electrons. The Morgan fingerprint density at radius 2 is 1.95 bits per heavy atom. The van der Waals surface area contributed by atoms with Gasteiger partial charge in [0.1, 0.15) is 0 Å². The molecule has 0 heterocycles. The molecule has 0 radical (unpaired) electrons. The van der Waals surface area contributed by atoms with Crippen LogP contribution in [0.1, 0.15) is 5.56 Å². The van der Waals surface area contributed by atoms with Crippen molar-refractivity contribution in [1.82, 2.24) is 0 Å². The lowest BCUT2D eigenvalue weighted by Crippen LogP contribution is -2.12. The standard InChI is InChI=1S/C13H12BrClN2O2S/c14-13-5-4-10(15)6-9(13)8-17-11-2-1-3-12(7-11)20(16,18)19/h1-7,17H,8H2,(H2,16,18,19). The van der Waals surface area contributed by atoms with Crippen LogP contribution in [-0.2, 0) is 16.6 Å². The molecule has 4 nitrogen and oxygen atoms in total. The van der Waals surface area contributed by atoms with Crippen LogP contribution in [0.3, 0.4) is 0 Å². The zero-order valence-electron chi connectivity index (χ0n) is 10.3. The van der Waals surface area contributed by atoms with Crippen LogP contribution in [0.2, 0.25) is 5.02 Å². The van der Waals surface area contributed by atoms with Gasteiger partial charge in [0, 0.05) is 21.7 Å². The molecular formula is C13H12BrClN2O2S. The van der Waals surface area contributed by atoms with Gasteiger partial charge in [-0.15, -0.1) is 0 Å². The minimum absolute atomic E-state index is 0.0765. The van der Waals surface area contributed by atoms with Crippen molar-refractivity contribution in [3.05, 3.63) is 57.5 Å². The minimum Gasteiger partial charge on any atom is -0.381 e. The number of nitrogens with one attached hydrogen (secondary N) is 1. The van der Waals surface area contributed by atoms with Gasteiger partial charge in [-0.3, -0.25) is 0 Å². The molecule has 0 fully saturated rings. The van der Waals surface area contributed by atoms with E-state index < -0.39 is 10.0 Å². The summed E-state index contributed by atoms with van der Waals surface area (Å²) >= 11 is 9.37. The second kappa shape index (κ2) is 6.13. The molecule has 0 amide bonds. The summed E-state index contributed by atoms with van der Waals surface area (Å²) in [7, 11) is -3.69. The number of hydrogen-bond donors (Lipinski definition) is 2. The summed E-state index contributed by atoms with van der Waals surface area (Å²) in [5.74, 6) is 0. The maximum absolute atomic E-state index is 11.3. The van der Waals surface area contributed by atoms with Gasteiger partial charge in [0.05, 0.1) is 4.90 Å². The second-order valence-corrected chi connectivity index (χ2v) is 7.01. The quantitative estimate of drug-likeness (QED) is 0.860. The van der Waals surface area contributed by atoms with E-state index in [1.165, 1.54) is 12.1 Å². The van der Waals surface area contributed by atoms with Gasteiger partial charge in [-0.2, -0.15) is 0 Å². The average molecular weight is 376 g/mol. The van der Waals surface area contributed by atoms with Gasteiger partial charge >= 0.3 is 0 Å². The summed E-state index contributed by atoms with van der Waals surface area (Å²) in [5, 5.41) is 8.87. The van der Waals surface area contributed by atoms with Crippen LogP contribution in [0.4, 0.5) is 5.69 Å². The van der Waals surface area contributed by atoms with Gasteiger partial charge in [-0.1, -0.05) is 33.6 Å². The van der Waals surface area contributed by atoms with Gasteiger partial charge in [-0.05, 0) is 42.0 Å². The topological polar surface area (TPSA) is 72.2 Å². The molecule has 2 rings (SSSR count). The monoisotopic (exact) mass is 374 g/mol. The second-order valence-electron chi connectivity index (χ2n) is 4.16. The molecule has 0 aromatic heterocycles. The molecule has 20 heavy (non-hydrogen) atoms. The molecule has 0 aliphatic rings. The Morgan fingerprint density at radius 1 is 1.20 bits per heavy atom. The predicted molar refractivity (Wildman–Crippen MR) is 84.3 cm³/mol. The third-order valence-electron chi connectivity index (χ3n) is 2.65. The highest BCUT2D eigenvalue weighted by atomic mass is 79.9. The van der Waals surface area contributed by atoms with Crippen LogP contribution < -0.4 is 10.5 Å². The minimum atomic E-state index is -3.69. The number of benzene rings is 2. The largest absolute Gasteiger partial charge is 0.381 e. The fourth-order valence-corrected chi connectivity index (χ4v) is 2.80. The van der Waals surface area contributed by atoms with Crippen LogP contribution >= 0.6 is 27.5 Å². The molecule has 0 atom stereocenters. The highest BCUT2D eigenvalue weighted by Crippen LogP contribution is 2.22. The van der Waals surface area contributed by atoms with Crippen molar-refractivity contribution >= 4 is 43.2 Å². The molecule has 0 bridgehead atoms. The predicted octanol–water partition coefficient (Wildman–Crippen LogP) is 3.36. The van der Waals surface area contributed by atoms with Crippen LogP contribution in [-0.4, -0.2) is 8.42 Å². The zero-order valence-corrected chi connectivity index (χ0v) is 13.5. The molecule has 0 spiro atoms. The van der Waals surface area contributed by atoms with E-state index in [2.05, 4.69) is 21.2 Å². The Morgan fingerprint density at radius 3 is 2.65 bits per heavy atom. The van der Waals surface area contributed by atoms with Gasteiger partial charge in [0.2, 0.25) is 10.0 Å². The van der Waals surface area contributed by atoms with Gasteiger partial charge in [0.25, 0.3) is 0 Å². The number of halogens is 2. The average Bonchev–Trinajstić information content (AvgIpc) is 2.39. The molecule has 7 heteroatoms. The van der Waals surface area contributed by atoms with Crippen molar-refractivity contribution in [3.63, 3.8) is 0 Å². The summed E-state index contributed by atoms with van der Waals surface area (Å²) in [4.78, 5) is 0.0765. The lowest BCUT2D eigenvalue weighted by atomic mass is 10.2. The fourth-order valence-electron chi connectivity index (χ4n) is 1.66. The maximum atomic E-state index is 11.3. The number of sulfonamides is 1. The van der Waals surface area contributed by atoms with Gasteiger partial charge < -0.3 is 5.32 Å². The number of rotatable bonds is 4. The lowest BCUT2D eigenvalue weighted by molar-refractivity contribution is 0.598. The molecular weight excluding hydrogens is 364 g/mol. The summed E-state index contributed by atoms with van der Waals surface area (Å²) in [6.07, 6.45) is 0. The van der Waals surface area contributed by atoms with Crippen molar-refractivity contribution in [2.45, 2.75) is 11.4 Å². The number of primary sulfonamides is 1. The Labute approximate surface area is 131 Å². The van der Waals surface area contributed by atoms with E-state index in [4.69, 9.17) is 16.7 Å². The van der Waals surface area contributed by atoms with E-state index in [-0.39, 0.29) is 4.90 Å². The van der Waals surface area contributed by atoms with E-state index in [0.29, 0.717) is 17.3 Å². The van der Waals surface area contributed by atoms with Gasteiger partial charge in [-0.25, -0.2) is 13.6 Å². The van der Waals surface area contributed by atoms with Crippen LogP contribution in [0.25, 0.3) is 0 Å². The molecule has 2 aromatic rings. The molecule has 0 aliphatic heterocycles. The molecule has 3 N–H and O–H groups in total. The van der Waals surface area contributed by atoms with E-state index in [0.717, 1.165) is 10.0 Å². The summed E-state index contributed by atoms with van der Waals surface area (Å²) in [5.41, 5.74) is 1.64. The Hall–Kier alpha value is -1.08. The Bertz CT molecular complexity index is 735. The molecule has 0 unspecified atom stereocenters. The van der Waals surface area contributed by atoms with Crippen molar-refractivity contribution in [1.29, 1.82) is 0 Å². The third kappa shape index (κ3) is 3.96. The summed E-state index contributed by atoms with van der Waals surface area (Å²) in [6, 6.07) is 11.8. The summed E-state index contributed by atoms with van der Waals surface area (Å²) in [6.45, 7) is 0.509. The highest BCUT2D eigenvalue weighted by molar-refractivity contribution is 9.10. The fraction of sp³-hybridized carbons (Fsp3) is 0.0769. The van der Waals surface area contributed by atoms with E-state index in [9.17, 15) is 8.42 Å². The Balaban J connectivity index is 2.17. The van der Waals surface area contributed by atoms with Crippen molar-refractivity contribution in [2.24, 2.45) is 5.14 Å². The first-order valence-electron chi connectivity index (χ1n) is 5.67. The van der Waals surface area contributed by atoms with Crippen molar-refractivity contribution in [2.75, 3.05) is 5.32 Å². The molecule has 0 aliphatic carbocycles. The smallest absolute Gasteiger partial charge is 0.238 e. The van der Waals surface area contributed by atoms with Crippen LogP contribution in [0, 0.1) is 0 Å². The first-order valence-corrected chi connectivity index (χ1v) is 8.38. The SMILES string of the molecule is NS(=O)(=O)c1cccc(NCc2cc(Cl)ccc2Br)c1. The van der Waals surface area contributed by atoms with Crippen LogP contribution in [0.15, 0.2) is 51.8 Å². The van der Waals surface area contributed by atoms with E-state index >= 15 is 0 Å². The van der Waals surface area contributed by atoms with Gasteiger partial charge in [0.15, 0.2) is 0 Å². The summed E-state index contributed by atoms with van der Waals surface area (Å²) < 4.78 is 23.5. The zero-order chi connectivity index (χ0) is 14.8. The van der Waals surface area contributed by atoms with Crippen LogP contribution in [0.5, 0.6) is 0 Å². The number of nitrogens with two attached hydrogens (primary N) is 1. The Kier molecular flexibility index (Phi) is 4.70. The molecule has 2 aromatic carbocycles. The normalized spacial score (nSPS) is 11.3. The maximum Gasteiger partial charge on any atom is 0.238 e. The lowest BCUT2D eigenvalue weighted by Gasteiger charge is -2.09. The molecule has 0 saturated carbocycles. The first kappa shape index (κ1) is 15.3. The van der Waals surface area contributed by atoms with Crippen molar-refractivity contribution < 1.29 is 8.42 Å². The first-order chi connectivity index (χ1) is 9.36. The third-order valence-corrected chi connectivity index (χ3v) is 4.57. The van der Waals surface area contributed by atoms with E-state index in [1.807, 2.05) is 12.1 Å². The number of anilines is 1. The van der Waals surface area contributed by atoms with Crippen molar-refractivity contribution in [3.8, 4) is 0 Å². The van der Waals surface area contributed by atoms with E-state index in [1.54, 1.807) is 18.2 Å². The highest BCUT2D eigenvalue weighted by Gasteiger charge is 2.08. The number of hydrogen-bond acceptors (Lipinski definition) is 3.